The Kier molecular flexibility index (Phi) is 6.86. The fourth-order valence-corrected chi connectivity index (χ4v) is 3.79. The molecule has 0 aliphatic rings. The standard InChI is InChI=1S/C30H21BN2O4/c31-24-16-22(29(34)36-25-11-13-27(32-18-25)20-7-3-1-4-8-20)15-23(17-24)30(35)37-26-12-14-28(33-19-26)21-9-5-2-6-10-21/h1-19H,31H2. The molecule has 0 aliphatic heterocycles. The lowest BCUT2D eigenvalue weighted by molar-refractivity contribution is 0.0734. The first kappa shape index (κ1) is 23.7. The highest BCUT2D eigenvalue weighted by molar-refractivity contribution is 6.33. The molecule has 0 N–H and O–H groups in total. The summed E-state index contributed by atoms with van der Waals surface area (Å²) in [6.45, 7) is 0. The van der Waals surface area contributed by atoms with Gasteiger partial charge in [-0.1, -0.05) is 78.3 Å². The molecule has 0 saturated carbocycles. The van der Waals surface area contributed by atoms with Gasteiger partial charge in [0.1, 0.15) is 19.3 Å². The fourth-order valence-electron chi connectivity index (χ4n) is 3.79. The second-order valence-electron chi connectivity index (χ2n) is 8.36. The van der Waals surface area contributed by atoms with Gasteiger partial charge in [0, 0.05) is 11.1 Å². The molecule has 7 heteroatoms. The molecular weight excluding hydrogens is 463 g/mol. The summed E-state index contributed by atoms with van der Waals surface area (Å²) in [7, 11) is 1.79. The number of carbonyl (C=O) groups excluding carboxylic acids is 2. The van der Waals surface area contributed by atoms with Gasteiger partial charge in [0.25, 0.3) is 0 Å². The molecule has 2 aromatic heterocycles. The van der Waals surface area contributed by atoms with Crippen molar-refractivity contribution in [2.75, 3.05) is 0 Å². The van der Waals surface area contributed by atoms with Crippen molar-refractivity contribution in [3.63, 3.8) is 0 Å². The number of hydrogen-bond acceptors (Lipinski definition) is 6. The number of pyridine rings is 2. The first-order valence-corrected chi connectivity index (χ1v) is 11.6. The normalized spacial score (nSPS) is 10.5. The molecule has 0 atom stereocenters. The van der Waals surface area contributed by atoms with Crippen molar-refractivity contribution in [3.8, 4) is 34.0 Å². The van der Waals surface area contributed by atoms with Crippen molar-refractivity contribution in [2.45, 2.75) is 0 Å². The Morgan fingerprint density at radius 2 is 1.00 bits per heavy atom. The summed E-state index contributed by atoms with van der Waals surface area (Å²) >= 11 is 0. The van der Waals surface area contributed by atoms with Crippen LogP contribution in [0, 0.1) is 0 Å². The lowest BCUT2D eigenvalue weighted by Crippen LogP contribution is -2.18. The van der Waals surface area contributed by atoms with E-state index in [1.54, 1.807) is 44.2 Å². The van der Waals surface area contributed by atoms with E-state index in [2.05, 4.69) is 9.97 Å². The van der Waals surface area contributed by atoms with Crippen molar-refractivity contribution < 1.29 is 19.1 Å². The highest BCUT2D eigenvalue weighted by atomic mass is 16.5. The van der Waals surface area contributed by atoms with E-state index in [1.807, 2.05) is 60.7 Å². The Balaban J connectivity index is 1.27. The summed E-state index contributed by atoms with van der Waals surface area (Å²) in [4.78, 5) is 34.4. The summed E-state index contributed by atoms with van der Waals surface area (Å²) in [5.74, 6) is -0.582. The van der Waals surface area contributed by atoms with Gasteiger partial charge >= 0.3 is 11.9 Å². The van der Waals surface area contributed by atoms with E-state index in [9.17, 15) is 9.59 Å². The van der Waals surface area contributed by atoms with E-state index in [0.29, 0.717) is 11.5 Å². The monoisotopic (exact) mass is 484 g/mol. The number of hydrogen-bond donors (Lipinski definition) is 0. The van der Waals surface area contributed by atoms with Crippen LogP contribution in [0.15, 0.2) is 116 Å². The number of aromatic nitrogens is 2. The zero-order valence-electron chi connectivity index (χ0n) is 20.0. The van der Waals surface area contributed by atoms with Crippen LogP contribution in [0.3, 0.4) is 0 Å². The summed E-state index contributed by atoms with van der Waals surface area (Å²) in [6, 6.07) is 31.1. The topological polar surface area (TPSA) is 78.4 Å². The van der Waals surface area contributed by atoms with Crippen molar-refractivity contribution in [2.24, 2.45) is 0 Å². The zero-order chi connectivity index (χ0) is 25.6. The Bertz CT molecular complexity index is 1420. The first-order chi connectivity index (χ1) is 18.0. The summed E-state index contributed by atoms with van der Waals surface area (Å²) in [5, 5.41) is 0. The van der Waals surface area contributed by atoms with Crippen LogP contribution in [0.4, 0.5) is 0 Å². The van der Waals surface area contributed by atoms with Gasteiger partial charge in [0.2, 0.25) is 0 Å². The van der Waals surface area contributed by atoms with Crippen molar-refractivity contribution in [3.05, 3.63) is 127 Å². The van der Waals surface area contributed by atoms with Gasteiger partial charge in [0.15, 0.2) is 0 Å². The van der Waals surface area contributed by atoms with Gasteiger partial charge in [-0.2, -0.15) is 0 Å². The molecule has 3 aromatic carbocycles. The van der Waals surface area contributed by atoms with E-state index in [-0.39, 0.29) is 11.1 Å². The maximum Gasteiger partial charge on any atom is 0.343 e. The van der Waals surface area contributed by atoms with Crippen LogP contribution in [-0.4, -0.2) is 29.8 Å². The predicted molar refractivity (Wildman–Crippen MR) is 144 cm³/mol. The first-order valence-electron chi connectivity index (χ1n) is 11.6. The highest BCUT2D eigenvalue weighted by Crippen LogP contribution is 2.21. The number of carbonyl (C=O) groups is 2. The van der Waals surface area contributed by atoms with Gasteiger partial charge in [-0.25, -0.2) is 9.59 Å². The van der Waals surface area contributed by atoms with Gasteiger partial charge < -0.3 is 9.47 Å². The second-order valence-corrected chi connectivity index (χ2v) is 8.36. The summed E-state index contributed by atoms with van der Waals surface area (Å²) in [5.41, 5.74) is 4.66. The molecule has 0 aliphatic carbocycles. The Hall–Kier alpha value is -5.04. The number of ether oxygens (including phenoxy) is 2. The van der Waals surface area contributed by atoms with E-state index in [1.165, 1.54) is 18.5 Å². The molecule has 0 radical (unpaired) electrons. The van der Waals surface area contributed by atoms with Crippen LogP contribution in [0.25, 0.3) is 22.5 Å². The van der Waals surface area contributed by atoms with Gasteiger partial charge in [-0.15, -0.1) is 0 Å². The number of esters is 2. The lowest BCUT2D eigenvalue weighted by atomic mass is 9.92. The molecule has 2 heterocycles. The second kappa shape index (κ2) is 10.7. The molecule has 178 valence electrons. The average molecular weight is 484 g/mol. The molecule has 0 spiro atoms. The van der Waals surface area contributed by atoms with Crippen molar-refractivity contribution >= 4 is 25.2 Å². The summed E-state index contributed by atoms with van der Waals surface area (Å²) < 4.78 is 11.0. The van der Waals surface area contributed by atoms with Crippen LogP contribution < -0.4 is 14.9 Å². The van der Waals surface area contributed by atoms with Crippen LogP contribution in [0.2, 0.25) is 0 Å². The summed E-state index contributed by atoms with van der Waals surface area (Å²) in [6.07, 6.45) is 2.99. The van der Waals surface area contributed by atoms with Gasteiger partial charge in [-0.3, -0.25) is 9.97 Å². The Morgan fingerprint density at radius 3 is 1.38 bits per heavy atom. The number of rotatable bonds is 6. The number of nitrogens with zero attached hydrogens (tertiary/aromatic N) is 2. The van der Waals surface area contributed by atoms with Crippen LogP contribution in [0.1, 0.15) is 20.7 Å². The van der Waals surface area contributed by atoms with E-state index in [0.717, 1.165) is 28.0 Å². The van der Waals surface area contributed by atoms with Gasteiger partial charge in [0.05, 0.1) is 34.9 Å². The minimum atomic E-state index is -0.596. The fraction of sp³-hybridized carbons (Fsp3) is 0. The third kappa shape index (κ3) is 5.79. The predicted octanol–water partition coefficient (Wildman–Crippen LogP) is 4.51. The SMILES string of the molecule is Bc1cc(C(=O)Oc2ccc(-c3ccccc3)nc2)cc(C(=O)Oc2ccc(-c3ccccc3)nc2)c1. The Morgan fingerprint density at radius 1 is 0.568 bits per heavy atom. The Labute approximate surface area is 215 Å². The van der Waals surface area contributed by atoms with Gasteiger partial charge in [-0.05, 0) is 30.3 Å². The van der Waals surface area contributed by atoms with Crippen LogP contribution in [-0.2, 0) is 0 Å². The zero-order valence-corrected chi connectivity index (χ0v) is 20.0. The third-order valence-corrected chi connectivity index (χ3v) is 5.58. The lowest BCUT2D eigenvalue weighted by Gasteiger charge is -2.09. The van der Waals surface area contributed by atoms with E-state index < -0.39 is 11.9 Å². The highest BCUT2D eigenvalue weighted by Gasteiger charge is 2.16. The molecule has 6 nitrogen and oxygen atoms in total. The van der Waals surface area contributed by atoms with Crippen molar-refractivity contribution in [1.29, 1.82) is 0 Å². The smallest absolute Gasteiger partial charge is 0.343 e. The average Bonchev–Trinajstić information content (AvgIpc) is 2.94. The largest absolute Gasteiger partial charge is 0.421 e. The molecule has 5 aromatic rings. The van der Waals surface area contributed by atoms with E-state index >= 15 is 0 Å². The molecule has 0 saturated heterocycles. The number of benzene rings is 3. The minimum Gasteiger partial charge on any atom is -0.421 e. The molecular formula is C30H21BN2O4. The van der Waals surface area contributed by atoms with Crippen LogP contribution >= 0.6 is 0 Å². The van der Waals surface area contributed by atoms with Crippen molar-refractivity contribution in [1.82, 2.24) is 9.97 Å². The third-order valence-electron chi connectivity index (χ3n) is 5.58. The molecule has 0 fully saturated rings. The quantitative estimate of drug-likeness (QED) is 0.261. The molecule has 0 bridgehead atoms. The molecule has 0 unspecified atom stereocenters. The maximum atomic E-state index is 12.8. The van der Waals surface area contributed by atoms with Crippen LogP contribution in [0.5, 0.6) is 11.5 Å². The maximum absolute atomic E-state index is 12.8. The molecule has 0 amide bonds. The minimum absolute atomic E-state index is 0.233. The molecule has 5 rings (SSSR count). The molecule has 37 heavy (non-hydrogen) atoms. The van der Waals surface area contributed by atoms with E-state index in [4.69, 9.17) is 9.47 Å².